The highest BCUT2D eigenvalue weighted by atomic mass is 31.1. The Balaban J connectivity index is 2.91. The van der Waals surface area contributed by atoms with Crippen molar-refractivity contribution in [3.8, 4) is 0 Å². The van der Waals surface area contributed by atoms with Crippen LogP contribution in [-0.4, -0.2) is 12.8 Å². The molecule has 0 fully saturated rings. The zero-order valence-corrected chi connectivity index (χ0v) is 13.1. The highest BCUT2D eigenvalue weighted by molar-refractivity contribution is 7.43. The first-order chi connectivity index (χ1) is 8.27. The Morgan fingerprint density at radius 2 is 1.00 bits per heavy atom. The second-order valence-corrected chi connectivity index (χ2v) is 7.25. The van der Waals surface area contributed by atoms with Gasteiger partial charge in [-0.3, -0.25) is 0 Å². The maximum atomic E-state index is 10.9. The van der Waals surface area contributed by atoms with Crippen LogP contribution < -0.4 is 0 Å². The lowest BCUT2D eigenvalue weighted by molar-refractivity contribution is 0.546. The van der Waals surface area contributed by atoms with Gasteiger partial charge in [0, 0.05) is 0 Å². The largest absolute Gasteiger partial charge is 0.327 e. The molecular weight excluding hydrogens is 227 g/mol. The molecule has 0 radical (unpaired) electrons. The van der Waals surface area contributed by atoms with E-state index in [2.05, 4.69) is 6.92 Å². The van der Waals surface area contributed by atoms with Crippen LogP contribution in [0, 0.1) is 0 Å². The molecule has 17 heavy (non-hydrogen) atoms. The molecule has 0 N–H and O–H groups in total. The molecule has 0 saturated carbocycles. The summed E-state index contributed by atoms with van der Waals surface area (Å²) in [5.41, 5.74) is 0. The molecular formula is C15H33OP. The van der Waals surface area contributed by atoms with Crippen molar-refractivity contribution in [2.24, 2.45) is 0 Å². The van der Waals surface area contributed by atoms with Crippen LogP contribution in [0.2, 0.25) is 0 Å². The summed E-state index contributed by atoms with van der Waals surface area (Å²) >= 11 is 0. The summed E-state index contributed by atoms with van der Waals surface area (Å²) in [7, 11) is -1.20. The third kappa shape index (κ3) is 16.2. The Labute approximate surface area is 110 Å². The highest BCUT2D eigenvalue weighted by Gasteiger charge is 1.94. The second-order valence-electron chi connectivity index (χ2n) is 5.34. The van der Waals surface area contributed by atoms with Crippen LogP contribution in [0.5, 0.6) is 0 Å². The highest BCUT2D eigenvalue weighted by Crippen LogP contribution is 2.17. The first-order valence-corrected chi connectivity index (χ1v) is 9.88. The quantitative estimate of drug-likeness (QED) is 0.298. The fraction of sp³-hybridized carbons (Fsp3) is 1.00. The number of unbranched alkanes of at least 4 members (excludes halogenated alkanes) is 11. The van der Waals surface area contributed by atoms with Gasteiger partial charge in [-0.05, 0) is 19.2 Å². The van der Waals surface area contributed by atoms with Gasteiger partial charge in [-0.2, -0.15) is 0 Å². The average molecular weight is 260 g/mol. The maximum Gasteiger partial charge on any atom is 0.0732 e. The van der Waals surface area contributed by atoms with Crippen molar-refractivity contribution in [2.45, 2.75) is 84.0 Å². The van der Waals surface area contributed by atoms with Gasteiger partial charge in [0.05, 0.1) is 7.80 Å². The predicted octanol–water partition coefficient (Wildman–Crippen LogP) is 5.88. The number of rotatable bonds is 13. The van der Waals surface area contributed by atoms with Gasteiger partial charge in [-0.1, -0.05) is 77.6 Å². The van der Waals surface area contributed by atoms with Crippen LogP contribution in [0.1, 0.15) is 84.0 Å². The van der Waals surface area contributed by atoms with E-state index in [4.69, 9.17) is 0 Å². The van der Waals surface area contributed by atoms with Crippen LogP contribution in [-0.2, 0) is 4.57 Å². The molecule has 0 saturated heterocycles. The van der Waals surface area contributed by atoms with Gasteiger partial charge in [0.15, 0.2) is 0 Å². The summed E-state index contributed by atoms with van der Waals surface area (Å²) in [5, 5.41) is 0. The summed E-state index contributed by atoms with van der Waals surface area (Å²) < 4.78 is 10.9. The van der Waals surface area contributed by atoms with Crippen LogP contribution >= 0.6 is 7.80 Å². The van der Waals surface area contributed by atoms with E-state index >= 15 is 0 Å². The molecule has 0 aromatic carbocycles. The molecule has 1 atom stereocenters. The van der Waals surface area contributed by atoms with Gasteiger partial charge in [-0.25, -0.2) is 0 Å². The molecule has 0 aromatic rings. The Kier molecular flexibility index (Phi) is 14.5. The molecule has 0 aliphatic rings. The third-order valence-corrected chi connectivity index (χ3v) is 4.44. The summed E-state index contributed by atoms with van der Waals surface area (Å²) in [6, 6.07) is 0. The van der Waals surface area contributed by atoms with E-state index in [-0.39, 0.29) is 0 Å². The number of hydrogen-bond donors (Lipinski definition) is 0. The lowest BCUT2D eigenvalue weighted by Crippen LogP contribution is -1.83. The summed E-state index contributed by atoms with van der Waals surface area (Å²) in [4.78, 5) is 0. The van der Waals surface area contributed by atoms with Crippen molar-refractivity contribution in [1.82, 2.24) is 0 Å². The fourth-order valence-corrected chi connectivity index (χ4v) is 2.96. The van der Waals surface area contributed by atoms with Crippen LogP contribution in [0.4, 0.5) is 0 Å². The summed E-state index contributed by atoms with van der Waals surface area (Å²) in [5.74, 6) is 0. The molecule has 0 amide bonds. The Morgan fingerprint density at radius 3 is 1.35 bits per heavy atom. The van der Waals surface area contributed by atoms with Gasteiger partial charge < -0.3 is 4.57 Å². The Hall–Kier alpha value is 0.230. The van der Waals surface area contributed by atoms with Crippen LogP contribution in [0.3, 0.4) is 0 Å². The molecule has 0 spiro atoms. The van der Waals surface area contributed by atoms with E-state index in [0.717, 1.165) is 6.16 Å². The fourth-order valence-electron chi connectivity index (χ4n) is 2.21. The smallest absolute Gasteiger partial charge is 0.0732 e. The summed E-state index contributed by atoms with van der Waals surface area (Å²) in [6.45, 7) is 4.15. The molecule has 0 aliphatic carbocycles. The van der Waals surface area contributed by atoms with E-state index < -0.39 is 7.80 Å². The molecule has 0 heterocycles. The van der Waals surface area contributed by atoms with Crippen molar-refractivity contribution >= 4 is 7.80 Å². The predicted molar refractivity (Wildman–Crippen MR) is 80.9 cm³/mol. The van der Waals surface area contributed by atoms with Crippen molar-refractivity contribution in [2.75, 3.05) is 12.8 Å². The van der Waals surface area contributed by atoms with Gasteiger partial charge >= 0.3 is 0 Å². The van der Waals surface area contributed by atoms with Crippen LogP contribution in [0.25, 0.3) is 0 Å². The Morgan fingerprint density at radius 1 is 0.647 bits per heavy atom. The van der Waals surface area contributed by atoms with Gasteiger partial charge in [-0.15, -0.1) is 0 Å². The lowest BCUT2D eigenvalue weighted by atomic mass is 10.1. The molecule has 104 valence electrons. The van der Waals surface area contributed by atoms with Crippen molar-refractivity contribution in [3.63, 3.8) is 0 Å². The first-order valence-electron chi connectivity index (χ1n) is 7.76. The molecule has 0 aliphatic heterocycles. The average Bonchev–Trinajstić information content (AvgIpc) is 2.30. The molecule has 0 bridgehead atoms. The lowest BCUT2D eigenvalue weighted by Gasteiger charge is -2.02. The first kappa shape index (κ1) is 17.2. The van der Waals surface area contributed by atoms with Crippen molar-refractivity contribution < 1.29 is 4.57 Å². The number of hydrogen-bond acceptors (Lipinski definition) is 1. The standard InChI is InChI=1S/C15H33OP/c1-3-4-5-6-7-8-9-10-11-12-13-14-15-17(2)16/h17H,3-15H2,1-2H3. The maximum absolute atomic E-state index is 10.9. The minimum atomic E-state index is -1.20. The molecule has 0 rings (SSSR count). The van der Waals surface area contributed by atoms with Crippen LogP contribution in [0.15, 0.2) is 0 Å². The molecule has 2 heteroatoms. The monoisotopic (exact) mass is 260 g/mol. The zero-order valence-electron chi connectivity index (χ0n) is 12.1. The van der Waals surface area contributed by atoms with Crippen molar-refractivity contribution in [3.05, 3.63) is 0 Å². The molecule has 0 aromatic heterocycles. The SMILES string of the molecule is CCCCCCCCCCCCCC[PH](C)=O. The van der Waals surface area contributed by atoms with Gasteiger partial charge in [0.25, 0.3) is 0 Å². The van der Waals surface area contributed by atoms with Gasteiger partial charge in [0.1, 0.15) is 0 Å². The van der Waals surface area contributed by atoms with Crippen molar-refractivity contribution in [1.29, 1.82) is 0 Å². The van der Waals surface area contributed by atoms with E-state index in [9.17, 15) is 4.57 Å². The second kappa shape index (κ2) is 14.3. The van der Waals surface area contributed by atoms with E-state index in [1.54, 1.807) is 0 Å². The van der Waals surface area contributed by atoms with E-state index in [1.807, 2.05) is 6.66 Å². The summed E-state index contributed by atoms with van der Waals surface area (Å²) in [6.07, 6.45) is 17.6. The van der Waals surface area contributed by atoms with Gasteiger partial charge in [0.2, 0.25) is 0 Å². The van der Waals surface area contributed by atoms with E-state index in [0.29, 0.717) is 0 Å². The topological polar surface area (TPSA) is 17.1 Å². The minimum absolute atomic E-state index is 0.974. The normalized spacial score (nSPS) is 12.8. The third-order valence-electron chi connectivity index (χ3n) is 3.38. The molecule has 1 unspecified atom stereocenters. The molecule has 1 nitrogen and oxygen atoms in total. The minimum Gasteiger partial charge on any atom is -0.327 e. The van der Waals surface area contributed by atoms with E-state index in [1.165, 1.54) is 77.0 Å². The Bertz CT molecular complexity index is 168. The zero-order chi connectivity index (χ0) is 12.8.